The average Bonchev–Trinajstić information content (AvgIpc) is 2.76. The fourth-order valence-corrected chi connectivity index (χ4v) is 3.52. The highest BCUT2D eigenvalue weighted by Gasteiger charge is 2.18. The standard InChI is InChI=1S/C23H28N2O4/c1-2-21(26)20-13-18(22(27)10-6-9-19-14-24-11-12-29-19)16-25(23(20)28)15-17-7-4-3-5-8-17/h3-5,7-8,13,16,19,24H,2,6,9-12,14-15H2,1H3. The molecular formula is C23H28N2O4. The zero-order valence-electron chi connectivity index (χ0n) is 16.9. The molecular weight excluding hydrogens is 368 g/mol. The lowest BCUT2D eigenvalue weighted by Crippen LogP contribution is -2.38. The minimum absolute atomic E-state index is 0.0549. The molecule has 0 bridgehead atoms. The van der Waals surface area contributed by atoms with E-state index in [1.54, 1.807) is 13.1 Å². The summed E-state index contributed by atoms with van der Waals surface area (Å²) in [6.07, 6.45) is 3.83. The van der Waals surface area contributed by atoms with Crippen molar-refractivity contribution in [3.8, 4) is 0 Å². The second kappa shape index (κ2) is 10.3. The van der Waals surface area contributed by atoms with Gasteiger partial charge in [0.25, 0.3) is 5.56 Å². The van der Waals surface area contributed by atoms with E-state index in [1.807, 2.05) is 30.3 Å². The quantitative estimate of drug-likeness (QED) is 0.660. The van der Waals surface area contributed by atoms with Crippen LogP contribution >= 0.6 is 0 Å². The van der Waals surface area contributed by atoms with Gasteiger partial charge in [0.05, 0.1) is 24.8 Å². The third-order valence-corrected chi connectivity index (χ3v) is 5.16. The number of hydrogen-bond donors (Lipinski definition) is 1. The number of aromatic nitrogens is 1. The highest BCUT2D eigenvalue weighted by Crippen LogP contribution is 2.13. The molecule has 1 aromatic carbocycles. The topological polar surface area (TPSA) is 77.4 Å². The Labute approximate surface area is 170 Å². The fourth-order valence-electron chi connectivity index (χ4n) is 3.52. The summed E-state index contributed by atoms with van der Waals surface area (Å²) in [5.41, 5.74) is 1.10. The molecule has 1 fully saturated rings. The Kier molecular flexibility index (Phi) is 7.49. The Hall–Kier alpha value is -2.57. The first kappa shape index (κ1) is 21.1. The third kappa shape index (κ3) is 5.71. The Bertz CT molecular complexity index is 899. The SMILES string of the molecule is CCC(=O)c1cc(C(=O)CCCC2CNCCO2)cn(Cc2ccccc2)c1=O. The summed E-state index contributed by atoms with van der Waals surface area (Å²) >= 11 is 0. The number of nitrogens with one attached hydrogen (secondary N) is 1. The predicted molar refractivity (Wildman–Crippen MR) is 112 cm³/mol. The molecule has 0 spiro atoms. The van der Waals surface area contributed by atoms with E-state index in [1.165, 1.54) is 10.6 Å². The molecule has 0 saturated carbocycles. The van der Waals surface area contributed by atoms with Crippen LogP contribution in [0.15, 0.2) is 47.4 Å². The van der Waals surface area contributed by atoms with Gasteiger partial charge in [-0.15, -0.1) is 0 Å². The summed E-state index contributed by atoms with van der Waals surface area (Å²) < 4.78 is 7.14. The van der Waals surface area contributed by atoms with Gasteiger partial charge in [0.15, 0.2) is 11.6 Å². The van der Waals surface area contributed by atoms with E-state index >= 15 is 0 Å². The summed E-state index contributed by atoms with van der Waals surface area (Å²) in [7, 11) is 0. The molecule has 0 radical (unpaired) electrons. The van der Waals surface area contributed by atoms with Crippen molar-refractivity contribution in [2.75, 3.05) is 19.7 Å². The maximum atomic E-state index is 12.8. The number of benzene rings is 1. The molecule has 1 aliphatic rings. The van der Waals surface area contributed by atoms with E-state index in [0.29, 0.717) is 31.6 Å². The fraction of sp³-hybridized carbons (Fsp3) is 0.435. The van der Waals surface area contributed by atoms with Gasteiger partial charge in [-0.1, -0.05) is 37.3 Å². The number of hydrogen-bond acceptors (Lipinski definition) is 5. The number of morpholine rings is 1. The third-order valence-electron chi connectivity index (χ3n) is 5.16. The molecule has 1 saturated heterocycles. The molecule has 154 valence electrons. The van der Waals surface area contributed by atoms with Gasteiger partial charge in [-0.05, 0) is 24.5 Å². The van der Waals surface area contributed by atoms with Gasteiger partial charge < -0.3 is 14.6 Å². The van der Waals surface area contributed by atoms with Crippen LogP contribution in [0.4, 0.5) is 0 Å². The van der Waals surface area contributed by atoms with E-state index in [9.17, 15) is 14.4 Å². The van der Waals surface area contributed by atoms with Crippen LogP contribution in [0.5, 0.6) is 0 Å². The van der Waals surface area contributed by atoms with Crippen LogP contribution in [0.25, 0.3) is 0 Å². The van der Waals surface area contributed by atoms with E-state index in [2.05, 4.69) is 5.32 Å². The van der Waals surface area contributed by atoms with Crippen molar-refractivity contribution in [2.24, 2.45) is 0 Å². The summed E-state index contributed by atoms with van der Waals surface area (Å²) in [6, 6.07) is 11.0. The first-order valence-corrected chi connectivity index (χ1v) is 10.3. The molecule has 0 aliphatic carbocycles. The van der Waals surface area contributed by atoms with Crippen molar-refractivity contribution in [3.63, 3.8) is 0 Å². The van der Waals surface area contributed by atoms with Crippen LogP contribution < -0.4 is 10.9 Å². The number of carbonyl (C=O) groups excluding carboxylic acids is 2. The molecule has 1 atom stereocenters. The molecule has 1 aromatic heterocycles. The molecule has 3 rings (SSSR count). The molecule has 0 amide bonds. The van der Waals surface area contributed by atoms with E-state index < -0.39 is 0 Å². The van der Waals surface area contributed by atoms with Gasteiger partial charge in [0.2, 0.25) is 0 Å². The van der Waals surface area contributed by atoms with Crippen LogP contribution in [0.1, 0.15) is 58.9 Å². The lowest BCUT2D eigenvalue weighted by Gasteiger charge is -2.23. The number of ether oxygens (including phenoxy) is 1. The average molecular weight is 396 g/mol. The summed E-state index contributed by atoms with van der Waals surface area (Å²) in [5, 5.41) is 3.28. The lowest BCUT2D eigenvalue weighted by molar-refractivity contribution is 0.0222. The minimum atomic E-state index is -0.348. The molecule has 6 nitrogen and oxygen atoms in total. The van der Waals surface area contributed by atoms with Crippen molar-refractivity contribution in [2.45, 2.75) is 45.3 Å². The van der Waals surface area contributed by atoms with Gasteiger partial charge in [-0.3, -0.25) is 14.4 Å². The largest absolute Gasteiger partial charge is 0.376 e. The van der Waals surface area contributed by atoms with E-state index in [4.69, 9.17) is 4.74 Å². The maximum absolute atomic E-state index is 12.8. The predicted octanol–water partition coefficient (Wildman–Crippen LogP) is 2.83. The molecule has 2 aromatic rings. The smallest absolute Gasteiger partial charge is 0.261 e. The first-order valence-electron chi connectivity index (χ1n) is 10.3. The molecule has 6 heteroatoms. The molecule has 1 N–H and O–H groups in total. The van der Waals surface area contributed by atoms with Crippen LogP contribution in [0.3, 0.4) is 0 Å². The normalized spacial score (nSPS) is 16.5. The molecule has 2 heterocycles. The lowest BCUT2D eigenvalue weighted by atomic mass is 10.0. The summed E-state index contributed by atoms with van der Waals surface area (Å²) in [6.45, 7) is 4.42. The van der Waals surface area contributed by atoms with Gasteiger partial charge in [0.1, 0.15) is 0 Å². The van der Waals surface area contributed by atoms with Crippen molar-refractivity contribution in [1.29, 1.82) is 0 Å². The first-order chi connectivity index (χ1) is 14.1. The number of Topliss-reactive ketones (excluding diaryl/α,β-unsaturated/α-hetero) is 2. The number of rotatable bonds is 9. The van der Waals surface area contributed by atoms with Gasteiger partial charge in [-0.25, -0.2) is 0 Å². The van der Waals surface area contributed by atoms with E-state index in [-0.39, 0.29) is 35.2 Å². The summed E-state index contributed by atoms with van der Waals surface area (Å²) in [4.78, 5) is 37.8. The highest BCUT2D eigenvalue weighted by atomic mass is 16.5. The van der Waals surface area contributed by atoms with Crippen LogP contribution in [-0.4, -0.2) is 41.9 Å². The zero-order chi connectivity index (χ0) is 20.6. The number of carbonyl (C=O) groups is 2. The second-order valence-electron chi connectivity index (χ2n) is 7.35. The molecule has 29 heavy (non-hydrogen) atoms. The van der Waals surface area contributed by atoms with Crippen LogP contribution in [0.2, 0.25) is 0 Å². The van der Waals surface area contributed by atoms with Crippen LogP contribution in [-0.2, 0) is 11.3 Å². The Morgan fingerprint density at radius 2 is 2.00 bits per heavy atom. The zero-order valence-corrected chi connectivity index (χ0v) is 16.9. The van der Waals surface area contributed by atoms with Crippen molar-refractivity contribution >= 4 is 11.6 Å². The Morgan fingerprint density at radius 3 is 2.69 bits per heavy atom. The molecule has 1 unspecified atom stereocenters. The Balaban J connectivity index is 1.77. The van der Waals surface area contributed by atoms with E-state index in [0.717, 1.165) is 25.1 Å². The monoisotopic (exact) mass is 396 g/mol. The number of ketones is 2. The number of nitrogens with zero attached hydrogens (tertiary/aromatic N) is 1. The van der Waals surface area contributed by atoms with Crippen molar-refractivity contribution < 1.29 is 14.3 Å². The maximum Gasteiger partial charge on any atom is 0.261 e. The molecule has 1 aliphatic heterocycles. The number of pyridine rings is 1. The minimum Gasteiger partial charge on any atom is -0.376 e. The van der Waals surface area contributed by atoms with Gasteiger partial charge >= 0.3 is 0 Å². The van der Waals surface area contributed by atoms with Crippen molar-refractivity contribution in [1.82, 2.24) is 9.88 Å². The summed E-state index contributed by atoms with van der Waals surface area (Å²) in [5.74, 6) is -0.297. The van der Waals surface area contributed by atoms with Gasteiger partial charge in [-0.2, -0.15) is 0 Å². The van der Waals surface area contributed by atoms with Crippen molar-refractivity contribution in [3.05, 3.63) is 69.6 Å². The highest BCUT2D eigenvalue weighted by molar-refractivity contribution is 6.00. The van der Waals surface area contributed by atoms with Crippen LogP contribution in [0, 0.1) is 0 Å². The Morgan fingerprint density at radius 1 is 1.21 bits per heavy atom. The second-order valence-corrected chi connectivity index (χ2v) is 7.35. The van der Waals surface area contributed by atoms with Gasteiger partial charge in [0, 0.05) is 37.7 Å².